The summed E-state index contributed by atoms with van der Waals surface area (Å²) in [5, 5.41) is 4.66. The Hall–Kier alpha value is -4.00. The van der Waals surface area contributed by atoms with E-state index in [9.17, 15) is 19.2 Å². The summed E-state index contributed by atoms with van der Waals surface area (Å²) in [5.41, 5.74) is 1.20. The van der Waals surface area contributed by atoms with Gasteiger partial charge in [0, 0.05) is 11.1 Å². The first-order chi connectivity index (χ1) is 17.0. The predicted molar refractivity (Wildman–Crippen MR) is 130 cm³/mol. The van der Waals surface area contributed by atoms with Gasteiger partial charge < -0.3 is 10.1 Å². The van der Waals surface area contributed by atoms with Crippen LogP contribution in [0.1, 0.15) is 29.6 Å². The number of carbonyl (C=O) groups excluding carboxylic acids is 4. The molecule has 0 unspecified atom stereocenters. The number of nitrogens with zero attached hydrogens (tertiary/aromatic N) is 1. The van der Waals surface area contributed by atoms with Crippen molar-refractivity contribution < 1.29 is 23.9 Å². The molecule has 0 aromatic heterocycles. The lowest BCUT2D eigenvalue weighted by Crippen LogP contribution is -2.32. The molecule has 1 saturated heterocycles. The molecule has 3 aliphatic rings. The Bertz CT molecular complexity index is 1350. The summed E-state index contributed by atoms with van der Waals surface area (Å²) < 4.78 is 5.22. The molecule has 176 valence electrons. The summed E-state index contributed by atoms with van der Waals surface area (Å²) >= 11 is 0. The van der Waals surface area contributed by atoms with E-state index in [0.717, 1.165) is 30.0 Å². The molecule has 2 aliphatic carbocycles. The summed E-state index contributed by atoms with van der Waals surface area (Å²) in [7, 11) is 0. The third kappa shape index (κ3) is 3.58. The topological polar surface area (TPSA) is 92.8 Å². The van der Waals surface area contributed by atoms with Crippen LogP contribution < -0.4 is 10.2 Å². The molecule has 6 rings (SSSR count). The first kappa shape index (κ1) is 21.5. The zero-order valence-electron chi connectivity index (χ0n) is 19.0. The fraction of sp³-hybridized carbons (Fsp3) is 0.286. The van der Waals surface area contributed by atoms with Crippen LogP contribution in [-0.4, -0.2) is 30.3 Å². The van der Waals surface area contributed by atoms with Crippen LogP contribution in [0, 0.1) is 23.7 Å². The van der Waals surface area contributed by atoms with Crippen molar-refractivity contribution in [1.29, 1.82) is 0 Å². The van der Waals surface area contributed by atoms with Crippen molar-refractivity contribution in [2.24, 2.45) is 23.7 Å². The lowest BCUT2D eigenvalue weighted by molar-refractivity contribution is -0.123. The fourth-order valence-electron chi connectivity index (χ4n) is 6.17. The van der Waals surface area contributed by atoms with Crippen molar-refractivity contribution in [2.75, 3.05) is 16.8 Å². The van der Waals surface area contributed by atoms with Gasteiger partial charge in [-0.15, -0.1) is 0 Å². The third-order valence-corrected chi connectivity index (χ3v) is 7.67. The summed E-state index contributed by atoms with van der Waals surface area (Å²) in [6, 6.07) is 19.6. The second-order valence-corrected chi connectivity index (χ2v) is 9.60. The van der Waals surface area contributed by atoms with E-state index < -0.39 is 18.5 Å². The highest BCUT2D eigenvalue weighted by Crippen LogP contribution is 2.56. The standard InChI is InChI=1S/C28H24N2O5/c31-23(29-22-10-4-6-16-5-1-2-9-21(16)22)15-35-28(34)19-7-3-8-20(14-19)30-26(32)24-17-11-12-18(13-17)25(24)27(30)33/h1-10,14,17-18,24-25H,11-13,15H2,(H,29,31)/t17-,18-,24-,25-/m0/s1. The van der Waals surface area contributed by atoms with Gasteiger partial charge in [-0.25, -0.2) is 4.79 Å². The molecular formula is C28H24N2O5. The molecule has 3 amide bonds. The molecule has 3 aromatic rings. The van der Waals surface area contributed by atoms with Gasteiger partial charge >= 0.3 is 5.97 Å². The Kier molecular flexibility index (Phi) is 5.13. The van der Waals surface area contributed by atoms with Crippen LogP contribution in [-0.2, 0) is 19.1 Å². The van der Waals surface area contributed by atoms with Gasteiger partial charge in [0.2, 0.25) is 11.8 Å². The summed E-state index contributed by atoms with van der Waals surface area (Å²) in [4.78, 5) is 52.5. The van der Waals surface area contributed by atoms with Crippen molar-refractivity contribution in [1.82, 2.24) is 0 Å². The van der Waals surface area contributed by atoms with E-state index >= 15 is 0 Å². The normalized spacial score (nSPS) is 24.6. The van der Waals surface area contributed by atoms with E-state index in [1.54, 1.807) is 24.3 Å². The number of hydrogen-bond donors (Lipinski definition) is 1. The van der Waals surface area contributed by atoms with Gasteiger partial charge in [-0.05, 0) is 60.7 Å². The van der Waals surface area contributed by atoms with E-state index in [0.29, 0.717) is 23.2 Å². The van der Waals surface area contributed by atoms with Crippen LogP contribution in [0.4, 0.5) is 11.4 Å². The number of rotatable bonds is 5. The van der Waals surface area contributed by atoms with Crippen LogP contribution in [0.15, 0.2) is 66.7 Å². The number of anilines is 2. The number of ether oxygens (including phenoxy) is 1. The molecule has 1 aliphatic heterocycles. The highest BCUT2D eigenvalue weighted by molar-refractivity contribution is 6.22. The molecule has 1 heterocycles. The molecule has 4 atom stereocenters. The number of hydrogen-bond acceptors (Lipinski definition) is 5. The first-order valence-electron chi connectivity index (χ1n) is 11.9. The summed E-state index contributed by atoms with van der Waals surface area (Å²) in [6.07, 6.45) is 2.98. The minimum Gasteiger partial charge on any atom is -0.452 e. The number of fused-ring (bicyclic) bond motifs is 6. The van der Waals surface area contributed by atoms with Gasteiger partial charge in [0.15, 0.2) is 6.61 Å². The first-order valence-corrected chi connectivity index (χ1v) is 11.9. The number of nitrogens with one attached hydrogen (secondary N) is 1. The average Bonchev–Trinajstić information content (AvgIpc) is 3.56. The van der Waals surface area contributed by atoms with E-state index in [4.69, 9.17) is 4.74 Å². The van der Waals surface area contributed by atoms with Crippen LogP contribution in [0.2, 0.25) is 0 Å². The Morgan fingerprint density at radius 2 is 1.57 bits per heavy atom. The molecule has 3 aromatic carbocycles. The summed E-state index contributed by atoms with van der Waals surface area (Å²) in [5.74, 6) is -1.35. The second-order valence-electron chi connectivity index (χ2n) is 9.60. The number of carbonyl (C=O) groups is 4. The maximum atomic E-state index is 13.1. The zero-order valence-corrected chi connectivity index (χ0v) is 19.0. The maximum absolute atomic E-state index is 13.1. The molecule has 0 spiro atoms. The van der Waals surface area contributed by atoms with Crippen LogP contribution in [0.3, 0.4) is 0 Å². The monoisotopic (exact) mass is 468 g/mol. The predicted octanol–water partition coefficient (Wildman–Crippen LogP) is 4.17. The minimum atomic E-state index is -0.695. The van der Waals surface area contributed by atoms with Crippen molar-refractivity contribution in [3.63, 3.8) is 0 Å². The van der Waals surface area contributed by atoms with Gasteiger partial charge in [0.05, 0.1) is 23.1 Å². The lowest BCUT2D eigenvalue weighted by atomic mass is 9.81. The molecule has 0 radical (unpaired) electrons. The number of imide groups is 1. The van der Waals surface area contributed by atoms with Gasteiger partial charge in [-0.3, -0.25) is 19.3 Å². The Morgan fingerprint density at radius 1 is 0.886 bits per heavy atom. The number of benzene rings is 3. The molecule has 7 heteroatoms. The molecule has 3 fully saturated rings. The smallest absolute Gasteiger partial charge is 0.338 e. The minimum absolute atomic E-state index is 0.160. The van der Waals surface area contributed by atoms with E-state index in [1.807, 2.05) is 36.4 Å². The van der Waals surface area contributed by atoms with E-state index in [-0.39, 0.29) is 29.2 Å². The van der Waals surface area contributed by atoms with Crippen molar-refractivity contribution in [3.05, 3.63) is 72.3 Å². The molecule has 35 heavy (non-hydrogen) atoms. The van der Waals surface area contributed by atoms with Crippen molar-refractivity contribution in [3.8, 4) is 0 Å². The van der Waals surface area contributed by atoms with Crippen LogP contribution >= 0.6 is 0 Å². The number of amides is 3. The largest absolute Gasteiger partial charge is 0.452 e. The molecule has 7 nitrogen and oxygen atoms in total. The Morgan fingerprint density at radius 3 is 2.34 bits per heavy atom. The molecule has 1 N–H and O–H groups in total. The number of esters is 1. The van der Waals surface area contributed by atoms with Gasteiger partial charge in [-0.2, -0.15) is 0 Å². The van der Waals surface area contributed by atoms with Crippen molar-refractivity contribution in [2.45, 2.75) is 19.3 Å². The molecule has 2 bridgehead atoms. The van der Waals surface area contributed by atoms with Crippen LogP contribution in [0.25, 0.3) is 10.8 Å². The third-order valence-electron chi connectivity index (χ3n) is 7.67. The highest BCUT2D eigenvalue weighted by Gasteiger charge is 2.61. The van der Waals surface area contributed by atoms with Crippen molar-refractivity contribution >= 4 is 45.8 Å². The maximum Gasteiger partial charge on any atom is 0.338 e. The zero-order chi connectivity index (χ0) is 24.1. The quantitative estimate of drug-likeness (QED) is 0.448. The van der Waals surface area contributed by atoms with Gasteiger partial charge in [-0.1, -0.05) is 42.5 Å². The van der Waals surface area contributed by atoms with Gasteiger partial charge in [0.25, 0.3) is 5.91 Å². The Labute approximate surface area is 202 Å². The van der Waals surface area contributed by atoms with Gasteiger partial charge in [0.1, 0.15) is 0 Å². The van der Waals surface area contributed by atoms with E-state index in [1.165, 1.54) is 11.0 Å². The highest BCUT2D eigenvalue weighted by atomic mass is 16.5. The molecular weight excluding hydrogens is 444 g/mol. The molecule has 2 saturated carbocycles. The SMILES string of the molecule is O=C(COC(=O)c1cccc(N2C(=O)[C@H]3[C@H]4CC[C@@H](C4)[C@@H]3C2=O)c1)Nc1cccc2ccccc12. The fourth-order valence-corrected chi connectivity index (χ4v) is 6.17. The average molecular weight is 469 g/mol. The van der Waals surface area contributed by atoms with Crippen LogP contribution in [0.5, 0.6) is 0 Å². The lowest BCUT2D eigenvalue weighted by Gasteiger charge is -2.19. The van der Waals surface area contributed by atoms with E-state index in [2.05, 4.69) is 5.32 Å². The Balaban J connectivity index is 1.13. The second kappa shape index (κ2) is 8.34. The summed E-state index contributed by atoms with van der Waals surface area (Å²) in [6.45, 7) is -0.457.